The summed E-state index contributed by atoms with van der Waals surface area (Å²) in [6.45, 7) is 7.66. The molecule has 2 amide bonds. The number of nitrogens with zero attached hydrogens (tertiary/aromatic N) is 2. The van der Waals surface area contributed by atoms with Crippen molar-refractivity contribution in [3.63, 3.8) is 0 Å². The molecule has 0 aliphatic rings. The van der Waals surface area contributed by atoms with Crippen LogP contribution in [-0.4, -0.2) is 23.2 Å². The average Bonchev–Trinajstić information content (AvgIpc) is 2.69. The summed E-state index contributed by atoms with van der Waals surface area (Å²) in [6.07, 6.45) is 0.0746. The van der Waals surface area contributed by atoms with Gasteiger partial charge in [0, 0.05) is 12.8 Å². The number of aryl methyl sites for hydroxylation is 2. The second-order valence-electron chi connectivity index (χ2n) is 6.70. The first-order valence-electron chi connectivity index (χ1n) is 9.15. The Hall–Kier alpha value is -3.28. The van der Waals surface area contributed by atoms with Crippen LogP contribution in [-0.2, 0) is 9.59 Å². The van der Waals surface area contributed by atoms with E-state index in [1.165, 1.54) is 0 Å². The van der Waals surface area contributed by atoms with Crippen molar-refractivity contribution in [3.05, 3.63) is 70.8 Å². The summed E-state index contributed by atoms with van der Waals surface area (Å²) < 4.78 is 0. The van der Waals surface area contributed by atoms with Gasteiger partial charge < -0.3 is 0 Å². The lowest BCUT2D eigenvalue weighted by Gasteiger charge is -2.04. The van der Waals surface area contributed by atoms with Gasteiger partial charge in [0.1, 0.15) is 0 Å². The fourth-order valence-electron chi connectivity index (χ4n) is 2.35. The van der Waals surface area contributed by atoms with Gasteiger partial charge in [-0.1, -0.05) is 59.7 Å². The smallest absolute Gasteiger partial charge is 0.240 e. The van der Waals surface area contributed by atoms with Crippen LogP contribution in [0.5, 0.6) is 0 Å². The molecule has 0 aliphatic heterocycles. The lowest BCUT2D eigenvalue weighted by molar-refractivity contribution is -0.126. The normalized spacial score (nSPS) is 11.9. The Labute approximate surface area is 165 Å². The Morgan fingerprint density at radius 1 is 0.679 bits per heavy atom. The van der Waals surface area contributed by atoms with Gasteiger partial charge in [0.05, 0.1) is 11.4 Å². The first-order valence-corrected chi connectivity index (χ1v) is 9.15. The van der Waals surface area contributed by atoms with Crippen molar-refractivity contribution in [1.82, 2.24) is 10.9 Å². The van der Waals surface area contributed by atoms with Crippen molar-refractivity contribution in [2.24, 2.45) is 10.2 Å². The molecular weight excluding hydrogens is 352 g/mol. The van der Waals surface area contributed by atoms with E-state index in [1.807, 2.05) is 76.2 Å². The van der Waals surface area contributed by atoms with E-state index >= 15 is 0 Å². The molecule has 0 unspecified atom stereocenters. The third kappa shape index (κ3) is 6.79. The fourth-order valence-corrected chi connectivity index (χ4v) is 2.35. The highest BCUT2D eigenvalue weighted by atomic mass is 16.2. The number of nitrogens with one attached hydrogen (secondary N) is 2. The van der Waals surface area contributed by atoms with Crippen LogP contribution in [0.1, 0.15) is 48.9 Å². The third-order valence-corrected chi connectivity index (χ3v) is 4.21. The van der Waals surface area contributed by atoms with Crippen molar-refractivity contribution in [2.75, 3.05) is 0 Å². The lowest BCUT2D eigenvalue weighted by Crippen LogP contribution is -2.24. The van der Waals surface area contributed by atoms with Crippen LogP contribution in [0.25, 0.3) is 0 Å². The first kappa shape index (κ1) is 21.0. The van der Waals surface area contributed by atoms with E-state index in [0.717, 1.165) is 22.3 Å². The molecule has 2 N–H and O–H groups in total. The molecule has 2 aromatic rings. The van der Waals surface area contributed by atoms with Gasteiger partial charge in [-0.3, -0.25) is 9.59 Å². The molecule has 0 spiro atoms. The highest BCUT2D eigenvalue weighted by Crippen LogP contribution is 2.05. The van der Waals surface area contributed by atoms with Crippen LogP contribution in [0, 0.1) is 13.8 Å². The summed E-state index contributed by atoms with van der Waals surface area (Å²) >= 11 is 0. The molecule has 0 aliphatic carbocycles. The summed E-state index contributed by atoms with van der Waals surface area (Å²) in [6, 6.07) is 15.7. The molecule has 0 fully saturated rings. The predicted octanol–water partition coefficient (Wildman–Crippen LogP) is 3.46. The topological polar surface area (TPSA) is 82.9 Å². The average molecular weight is 378 g/mol. The van der Waals surface area contributed by atoms with Crippen LogP contribution in [0.3, 0.4) is 0 Å². The van der Waals surface area contributed by atoms with Crippen molar-refractivity contribution >= 4 is 23.2 Å². The van der Waals surface area contributed by atoms with Gasteiger partial charge in [-0.2, -0.15) is 10.2 Å². The number of hydrogen-bond donors (Lipinski definition) is 2. The second kappa shape index (κ2) is 10.2. The Morgan fingerprint density at radius 2 is 1.00 bits per heavy atom. The van der Waals surface area contributed by atoms with Crippen molar-refractivity contribution in [2.45, 2.75) is 40.5 Å². The van der Waals surface area contributed by atoms with Gasteiger partial charge in [0.2, 0.25) is 11.8 Å². The molecule has 2 aromatic carbocycles. The summed E-state index contributed by atoms with van der Waals surface area (Å²) in [4.78, 5) is 23.8. The standard InChI is InChI=1S/C22H26N4O2/c1-15-5-9-19(10-6-15)17(3)23-25-21(27)13-14-22(28)26-24-18(4)20-11-7-16(2)8-12-20/h5-12H,13-14H2,1-4H3,(H,25,27)(H,26,28). The molecule has 2 rings (SSSR count). The molecule has 6 heteroatoms. The lowest BCUT2D eigenvalue weighted by atomic mass is 10.1. The van der Waals surface area contributed by atoms with Gasteiger partial charge in [0.15, 0.2) is 0 Å². The summed E-state index contributed by atoms with van der Waals surface area (Å²) in [5, 5.41) is 8.16. The molecule has 0 bridgehead atoms. The highest BCUT2D eigenvalue weighted by Gasteiger charge is 2.07. The Bertz CT molecular complexity index is 806. The summed E-state index contributed by atoms with van der Waals surface area (Å²) in [7, 11) is 0. The van der Waals surface area contributed by atoms with Gasteiger partial charge in [-0.05, 0) is 38.8 Å². The number of hydrazone groups is 2. The van der Waals surface area contributed by atoms with E-state index in [1.54, 1.807) is 0 Å². The van der Waals surface area contributed by atoms with Crippen molar-refractivity contribution < 1.29 is 9.59 Å². The SMILES string of the molecule is CC(=NNC(=O)CCC(=O)NN=C(C)c1ccc(C)cc1)c1ccc(C)cc1. The van der Waals surface area contributed by atoms with E-state index < -0.39 is 0 Å². The maximum Gasteiger partial charge on any atom is 0.240 e. The molecule has 0 radical (unpaired) electrons. The zero-order valence-electron chi connectivity index (χ0n) is 16.7. The highest BCUT2D eigenvalue weighted by molar-refractivity contribution is 6.00. The van der Waals surface area contributed by atoms with Crippen molar-refractivity contribution in [1.29, 1.82) is 0 Å². The first-order chi connectivity index (χ1) is 13.3. The van der Waals surface area contributed by atoms with E-state index in [2.05, 4.69) is 21.1 Å². The quantitative estimate of drug-likeness (QED) is 0.571. The number of benzene rings is 2. The fraction of sp³-hybridized carbons (Fsp3) is 0.273. The minimum atomic E-state index is -0.319. The van der Waals surface area contributed by atoms with Crippen LogP contribution in [0.15, 0.2) is 58.7 Å². The van der Waals surface area contributed by atoms with Gasteiger partial charge in [-0.15, -0.1) is 0 Å². The maximum atomic E-state index is 11.9. The van der Waals surface area contributed by atoms with E-state index in [4.69, 9.17) is 0 Å². The molecule has 0 atom stereocenters. The molecule has 0 heterocycles. The molecule has 6 nitrogen and oxygen atoms in total. The van der Waals surface area contributed by atoms with E-state index in [9.17, 15) is 9.59 Å². The second-order valence-corrected chi connectivity index (χ2v) is 6.70. The monoisotopic (exact) mass is 378 g/mol. The van der Waals surface area contributed by atoms with Crippen LogP contribution in [0.4, 0.5) is 0 Å². The minimum Gasteiger partial charge on any atom is -0.273 e. The van der Waals surface area contributed by atoms with Crippen molar-refractivity contribution in [3.8, 4) is 0 Å². The molecule has 146 valence electrons. The number of amides is 2. The van der Waals surface area contributed by atoms with Crippen LogP contribution in [0.2, 0.25) is 0 Å². The number of rotatable bonds is 7. The molecule has 0 saturated carbocycles. The number of carbonyl (C=O) groups excluding carboxylic acids is 2. The zero-order valence-corrected chi connectivity index (χ0v) is 16.7. The van der Waals surface area contributed by atoms with Crippen LogP contribution < -0.4 is 10.9 Å². The molecular formula is C22H26N4O2. The maximum absolute atomic E-state index is 11.9. The minimum absolute atomic E-state index is 0.0373. The third-order valence-electron chi connectivity index (χ3n) is 4.21. The number of hydrogen-bond acceptors (Lipinski definition) is 4. The van der Waals surface area contributed by atoms with E-state index in [-0.39, 0.29) is 24.7 Å². The molecule has 0 saturated heterocycles. The van der Waals surface area contributed by atoms with E-state index in [0.29, 0.717) is 11.4 Å². The Morgan fingerprint density at radius 3 is 1.32 bits per heavy atom. The number of carbonyl (C=O) groups is 2. The molecule has 28 heavy (non-hydrogen) atoms. The molecule has 0 aromatic heterocycles. The summed E-state index contributed by atoms with van der Waals surface area (Å²) in [5.74, 6) is -0.637. The van der Waals surface area contributed by atoms with Gasteiger partial charge in [0.25, 0.3) is 0 Å². The Kier molecular flexibility index (Phi) is 7.63. The Balaban J connectivity index is 1.78. The van der Waals surface area contributed by atoms with Crippen LogP contribution >= 0.6 is 0 Å². The largest absolute Gasteiger partial charge is 0.273 e. The predicted molar refractivity (Wildman–Crippen MR) is 112 cm³/mol. The van der Waals surface area contributed by atoms with Gasteiger partial charge in [-0.25, -0.2) is 10.9 Å². The zero-order chi connectivity index (χ0) is 20.5. The summed E-state index contributed by atoms with van der Waals surface area (Å²) in [5.41, 5.74) is 10.6. The van der Waals surface area contributed by atoms with Gasteiger partial charge >= 0.3 is 0 Å².